The average molecular weight is 163 g/mol. The molecule has 0 aliphatic heterocycles. The van der Waals surface area contributed by atoms with Gasteiger partial charge in [0.05, 0.1) is 0 Å². The molecule has 0 saturated carbocycles. The maximum Gasteiger partial charge on any atom is 0.335 e. The molecule has 0 unspecified atom stereocenters. The second-order valence-electron chi connectivity index (χ2n) is 1.84. The van der Waals surface area contributed by atoms with Crippen molar-refractivity contribution >= 4 is 11.9 Å². The SMILES string of the molecule is CNC(=O)[C@H](O)[C@@H](O)C(=O)O. The van der Waals surface area contributed by atoms with Gasteiger partial charge in [-0.25, -0.2) is 4.79 Å². The van der Waals surface area contributed by atoms with Crippen LogP contribution in [0.15, 0.2) is 0 Å². The van der Waals surface area contributed by atoms with E-state index < -0.39 is 24.1 Å². The predicted molar refractivity (Wildman–Crippen MR) is 33.7 cm³/mol. The maximum absolute atomic E-state index is 10.5. The van der Waals surface area contributed by atoms with Crippen molar-refractivity contribution in [2.45, 2.75) is 12.2 Å². The van der Waals surface area contributed by atoms with Crippen LogP contribution in [0.5, 0.6) is 0 Å². The highest BCUT2D eigenvalue weighted by atomic mass is 16.4. The number of carbonyl (C=O) groups excluding carboxylic acids is 1. The number of likely N-dealkylation sites (N-methyl/N-ethyl adjacent to an activating group) is 1. The molecule has 0 aliphatic rings. The van der Waals surface area contributed by atoms with Crippen LogP contribution in [0.1, 0.15) is 0 Å². The molecule has 0 aromatic rings. The topological polar surface area (TPSA) is 107 Å². The van der Waals surface area contributed by atoms with Gasteiger partial charge in [-0.15, -0.1) is 0 Å². The van der Waals surface area contributed by atoms with E-state index in [2.05, 4.69) is 0 Å². The first-order valence-electron chi connectivity index (χ1n) is 2.81. The van der Waals surface area contributed by atoms with Crippen molar-refractivity contribution < 1.29 is 24.9 Å². The second kappa shape index (κ2) is 3.89. The Balaban J connectivity index is 4.12. The molecule has 4 N–H and O–H groups in total. The molecule has 6 nitrogen and oxygen atoms in total. The normalized spacial score (nSPS) is 15.2. The van der Waals surface area contributed by atoms with Gasteiger partial charge in [-0.05, 0) is 0 Å². The first-order valence-corrected chi connectivity index (χ1v) is 2.81. The molecule has 0 aromatic heterocycles. The van der Waals surface area contributed by atoms with Gasteiger partial charge >= 0.3 is 5.97 Å². The van der Waals surface area contributed by atoms with E-state index in [1.54, 1.807) is 0 Å². The molecule has 0 spiro atoms. The van der Waals surface area contributed by atoms with Gasteiger partial charge in [0.2, 0.25) is 0 Å². The number of aliphatic carboxylic acids is 1. The summed E-state index contributed by atoms with van der Waals surface area (Å²) in [6, 6.07) is 0. The minimum Gasteiger partial charge on any atom is -0.479 e. The highest BCUT2D eigenvalue weighted by Gasteiger charge is 2.28. The number of carbonyl (C=O) groups is 2. The fraction of sp³-hybridized carbons (Fsp3) is 0.600. The van der Waals surface area contributed by atoms with Crippen LogP contribution >= 0.6 is 0 Å². The fourth-order valence-electron chi connectivity index (χ4n) is 0.426. The second-order valence-corrected chi connectivity index (χ2v) is 1.84. The molecule has 0 bridgehead atoms. The van der Waals surface area contributed by atoms with Gasteiger partial charge in [-0.2, -0.15) is 0 Å². The number of nitrogens with one attached hydrogen (secondary N) is 1. The van der Waals surface area contributed by atoms with Crippen molar-refractivity contribution in [3.63, 3.8) is 0 Å². The van der Waals surface area contributed by atoms with Gasteiger partial charge in [0, 0.05) is 7.05 Å². The monoisotopic (exact) mass is 163 g/mol. The number of aliphatic hydroxyl groups is 2. The van der Waals surface area contributed by atoms with Crippen LogP contribution in [0.25, 0.3) is 0 Å². The third kappa shape index (κ3) is 2.52. The maximum atomic E-state index is 10.5. The van der Waals surface area contributed by atoms with Gasteiger partial charge in [-0.1, -0.05) is 0 Å². The molecule has 0 aliphatic carbocycles. The van der Waals surface area contributed by atoms with E-state index in [1.807, 2.05) is 5.32 Å². The quantitative estimate of drug-likeness (QED) is 0.369. The van der Waals surface area contributed by atoms with Gasteiger partial charge in [0.15, 0.2) is 12.2 Å². The molecule has 11 heavy (non-hydrogen) atoms. The van der Waals surface area contributed by atoms with Crippen LogP contribution in [0.3, 0.4) is 0 Å². The Morgan fingerprint density at radius 1 is 1.27 bits per heavy atom. The minimum atomic E-state index is -2.07. The van der Waals surface area contributed by atoms with Crippen LogP contribution in [0, 0.1) is 0 Å². The summed E-state index contributed by atoms with van der Waals surface area (Å²) in [6.07, 6.45) is -3.99. The van der Waals surface area contributed by atoms with Gasteiger partial charge < -0.3 is 20.6 Å². The van der Waals surface area contributed by atoms with E-state index in [0.29, 0.717) is 0 Å². The lowest BCUT2D eigenvalue weighted by Crippen LogP contribution is -2.44. The van der Waals surface area contributed by atoms with E-state index in [-0.39, 0.29) is 0 Å². The summed E-state index contributed by atoms with van der Waals surface area (Å²) in [5, 5.41) is 27.4. The molecule has 0 fully saturated rings. The molecular weight excluding hydrogens is 154 g/mol. The molecule has 0 aromatic carbocycles. The van der Waals surface area contributed by atoms with Gasteiger partial charge in [0.25, 0.3) is 5.91 Å². The molecular formula is C5H9NO5. The smallest absolute Gasteiger partial charge is 0.335 e. The number of hydrogen-bond acceptors (Lipinski definition) is 4. The van der Waals surface area contributed by atoms with Crippen LogP contribution in [-0.2, 0) is 9.59 Å². The molecule has 64 valence electrons. The van der Waals surface area contributed by atoms with Crippen molar-refractivity contribution in [3.05, 3.63) is 0 Å². The molecule has 1 amide bonds. The van der Waals surface area contributed by atoms with Crippen LogP contribution in [0.2, 0.25) is 0 Å². The number of hydrogen-bond donors (Lipinski definition) is 4. The van der Waals surface area contributed by atoms with E-state index in [0.717, 1.165) is 0 Å². The summed E-state index contributed by atoms with van der Waals surface area (Å²) >= 11 is 0. The van der Waals surface area contributed by atoms with E-state index in [1.165, 1.54) is 7.05 Å². The molecule has 0 saturated heterocycles. The lowest BCUT2D eigenvalue weighted by Gasteiger charge is -2.11. The Labute approximate surface area is 62.5 Å². The number of carboxylic acids is 1. The first-order chi connectivity index (χ1) is 5.00. The number of carboxylic acid groups (broad SMARTS) is 1. The zero-order valence-corrected chi connectivity index (χ0v) is 5.81. The summed E-state index contributed by atoms with van der Waals surface area (Å²) < 4.78 is 0. The van der Waals surface area contributed by atoms with Crippen LogP contribution in [-0.4, -0.2) is 46.5 Å². The highest BCUT2D eigenvalue weighted by molar-refractivity contribution is 5.87. The number of aliphatic hydroxyl groups excluding tert-OH is 2. The molecule has 2 atom stereocenters. The first kappa shape index (κ1) is 9.86. The van der Waals surface area contributed by atoms with Crippen molar-refractivity contribution in [2.24, 2.45) is 0 Å². The number of amides is 1. The Hall–Kier alpha value is -1.14. The van der Waals surface area contributed by atoms with Crippen molar-refractivity contribution in [1.82, 2.24) is 5.32 Å². The zero-order valence-electron chi connectivity index (χ0n) is 5.81. The van der Waals surface area contributed by atoms with Crippen LogP contribution < -0.4 is 5.32 Å². The van der Waals surface area contributed by atoms with E-state index >= 15 is 0 Å². The Morgan fingerprint density at radius 3 is 2.00 bits per heavy atom. The zero-order chi connectivity index (χ0) is 9.02. The van der Waals surface area contributed by atoms with Crippen molar-refractivity contribution in [1.29, 1.82) is 0 Å². The highest BCUT2D eigenvalue weighted by Crippen LogP contribution is 1.92. The lowest BCUT2D eigenvalue weighted by atomic mass is 10.2. The number of rotatable bonds is 3. The molecule has 0 radical (unpaired) electrons. The third-order valence-corrected chi connectivity index (χ3v) is 1.07. The predicted octanol–water partition coefficient (Wildman–Crippen LogP) is -2.46. The standard InChI is InChI=1S/C5H9NO5/c1-6-4(9)2(7)3(8)5(10)11/h2-3,7-8H,1H3,(H,6,9)(H,10,11)/t2-,3-/m1/s1. The van der Waals surface area contributed by atoms with Crippen LogP contribution in [0.4, 0.5) is 0 Å². The summed E-state index contributed by atoms with van der Waals surface area (Å²) in [4.78, 5) is 20.4. The Morgan fingerprint density at radius 2 is 1.73 bits per heavy atom. The van der Waals surface area contributed by atoms with E-state index in [4.69, 9.17) is 15.3 Å². The molecule has 6 heteroatoms. The lowest BCUT2D eigenvalue weighted by molar-refractivity contribution is -0.158. The van der Waals surface area contributed by atoms with Gasteiger partial charge in [-0.3, -0.25) is 4.79 Å². The van der Waals surface area contributed by atoms with Crippen molar-refractivity contribution in [3.8, 4) is 0 Å². The van der Waals surface area contributed by atoms with Gasteiger partial charge in [0.1, 0.15) is 0 Å². The summed E-state index contributed by atoms with van der Waals surface area (Å²) in [7, 11) is 1.22. The summed E-state index contributed by atoms with van der Waals surface area (Å²) in [5.41, 5.74) is 0. The Kier molecular flexibility index (Phi) is 3.49. The minimum absolute atomic E-state index is 0.931. The van der Waals surface area contributed by atoms with E-state index in [9.17, 15) is 9.59 Å². The van der Waals surface area contributed by atoms with Crippen molar-refractivity contribution in [2.75, 3.05) is 7.05 Å². The largest absolute Gasteiger partial charge is 0.479 e. The molecule has 0 rings (SSSR count). The average Bonchev–Trinajstić information content (AvgIpc) is 2.00. The Bertz CT molecular complexity index is 168. The summed E-state index contributed by atoms with van der Waals surface area (Å²) in [6.45, 7) is 0. The molecule has 0 heterocycles. The fourth-order valence-corrected chi connectivity index (χ4v) is 0.426. The third-order valence-electron chi connectivity index (χ3n) is 1.07. The summed E-state index contributed by atoms with van der Waals surface area (Å²) in [5.74, 6) is -2.57.